The highest BCUT2D eigenvalue weighted by molar-refractivity contribution is 6.76. The van der Waals surface area contributed by atoms with Crippen LogP contribution in [0.3, 0.4) is 0 Å². The zero-order chi connectivity index (χ0) is 16.1. The molecule has 0 unspecified atom stereocenters. The molecule has 1 aromatic heterocycles. The van der Waals surface area contributed by atoms with E-state index in [1.54, 1.807) is 11.6 Å². The monoisotopic (exact) mass is 313 g/mol. The van der Waals surface area contributed by atoms with Crippen LogP contribution in [0, 0.1) is 0 Å². The lowest BCUT2D eigenvalue weighted by Gasteiger charge is -2.20. The summed E-state index contributed by atoms with van der Waals surface area (Å²) in [5.41, 5.74) is 5.95. The lowest BCUT2D eigenvalue weighted by molar-refractivity contribution is -0.142. The number of rotatable bonds is 8. The number of hydrogen-bond acceptors (Lipinski definition) is 5. The van der Waals surface area contributed by atoms with Gasteiger partial charge in [-0.2, -0.15) is 5.10 Å². The molecule has 0 aliphatic carbocycles. The van der Waals surface area contributed by atoms with Gasteiger partial charge in [0.1, 0.15) is 6.73 Å². The molecule has 120 valence electrons. The lowest BCUT2D eigenvalue weighted by atomic mass is 9.95. The summed E-state index contributed by atoms with van der Waals surface area (Å²) in [6.45, 7) is 9.85. The molecule has 1 rings (SSSR count). The summed E-state index contributed by atoms with van der Waals surface area (Å²) >= 11 is 0. The van der Waals surface area contributed by atoms with Gasteiger partial charge in [-0.05, 0) is 19.0 Å². The smallest absolute Gasteiger partial charge is 0.307 e. The standard InChI is InChI=1S/C14H27N3O3Si/c1-14(15,10-13(18)19-2)12-6-7-17(16-12)11-20-8-9-21(3,4)5/h6-7H,8-11,15H2,1-5H3/t14-/m0/s1. The van der Waals surface area contributed by atoms with Gasteiger partial charge in [0.25, 0.3) is 0 Å². The van der Waals surface area contributed by atoms with E-state index >= 15 is 0 Å². The number of carbonyl (C=O) groups excluding carboxylic acids is 1. The van der Waals surface area contributed by atoms with Crippen LogP contribution in [0.25, 0.3) is 0 Å². The van der Waals surface area contributed by atoms with E-state index in [9.17, 15) is 4.79 Å². The number of methoxy groups -OCH3 is 1. The Morgan fingerprint density at radius 3 is 2.71 bits per heavy atom. The topological polar surface area (TPSA) is 79.4 Å². The fourth-order valence-corrected chi connectivity index (χ4v) is 2.49. The van der Waals surface area contributed by atoms with E-state index < -0.39 is 13.6 Å². The van der Waals surface area contributed by atoms with Crippen molar-refractivity contribution in [1.82, 2.24) is 9.78 Å². The Kier molecular flexibility index (Phi) is 6.12. The molecule has 1 atom stereocenters. The molecule has 0 saturated heterocycles. The second kappa shape index (κ2) is 7.19. The summed E-state index contributed by atoms with van der Waals surface area (Å²) in [5, 5.41) is 4.37. The minimum atomic E-state index is -1.07. The largest absolute Gasteiger partial charge is 0.469 e. The van der Waals surface area contributed by atoms with E-state index in [0.717, 1.165) is 12.7 Å². The van der Waals surface area contributed by atoms with Crippen LogP contribution in [0.15, 0.2) is 12.3 Å². The molecule has 0 amide bonds. The summed E-state index contributed by atoms with van der Waals surface area (Å²) < 4.78 is 12.0. The van der Waals surface area contributed by atoms with E-state index in [4.69, 9.17) is 10.5 Å². The first-order valence-corrected chi connectivity index (χ1v) is 10.8. The van der Waals surface area contributed by atoms with Gasteiger partial charge in [-0.1, -0.05) is 19.6 Å². The minimum Gasteiger partial charge on any atom is -0.469 e. The van der Waals surface area contributed by atoms with E-state index in [1.807, 2.05) is 12.3 Å². The van der Waals surface area contributed by atoms with Crippen LogP contribution in [-0.2, 0) is 26.5 Å². The summed E-state index contributed by atoms with van der Waals surface area (Å²) in [5.74, 6) is -0.346. The van der Waals surface area contributed by atoms with Crippen molar-refractivity contribution in [2.45, 2.75) is 51.3 Å². The van der Waals surface area contributed by atoms with Crippen molar-refractivity contribution in [1.29, 1.82) is 0 Å². The second-order valence-corrected chi connectivity index (χ2v) is 12.4. The van der Waals surface area contributed by atoms with Crippen LogP contribution in [0.1, 0.15) is 19.0 Å². The van der Waals surface area contributed by atoms with E-state index in [-0.39, 0.29) is 12.4 Å². The van der Waals surface area contributed by atoms with Crippen LogP contribution in [0.4, 0.5) is 0 Å². The van der Waals surface area contributed by atoms with Crippen molar-refractivity contribution in [2.24, 2.45) is 5.73 Å². The summed E-state index contributed by atoms with van der Waals surface area (Å²) in [6, 6.07) is 2.93. The average Bonchev–Trinajstić information content (AvgIpc) is 2.82. The average molecular weight is 313 g/mol. The third-order valence-electron chi connectivity index (χ3n) is 3.18. The van der Waals surface area contributed by atoms with Crippen LogP contribution in [0.2, 0.25) is 25.7 Å². The van der Waals surface area contributed by atoms with Gasteiger partial charge in [0.2, 0.25) is 0 Å². The quantitative estimate of drug-likeness (QED) is 0.451. The fraction of sp³-hybridized carbons (Fsp3) is 0.714. The first-order valence-electron chi connectivity index (χ1n) is 7.11. The number of aromatic nitrogens is 2. The Morgan fingerprint density at radius 1 is 1.48 bits per heavy atom. The van der Waals surface area contributed by atoms with Gasteiger partial charge in [-0.15, -0.1) is 0 Å². The minimum absolute atomic E-state index is 0.0942. The molecule has 7 heteroatoms. The second-order valence-electron chi connectivity index (χ2n) is 6.76. The molecular formula is C14H27N3O3Si. The Bertz CT molecular complexity index is 466. The normalized spacial score (nSPS) is 14.8. The van der Waals surface area contributed by atoms with Gasteiger partial charge >= 0.3 is 5.97 Å². The maximum atomic E-state index is 11.4. The highest BCUT2D eigenvalue weighted by Crippen LogP contribution is 2.20. The third-order valence-corrected chi connectivity index (χ3v) is 4.89. The molecule has 21 heavy (non-hydrogen) atoms. The molecule has 0 bridgehead atoms. The molecule has 0 saturated carbocycles. The molecular weight excluding hydrogens is 286 g/mol. The lowest BCUT2D eigenvalue weighted by Crippen LogP contribution is -2.36. The summed E-state index contributed by atoms with van der Waals surface area (Å²) in [6.07, 6.45) is 1.91. The maximum Gasteiger partial charge on any atom is 0.307 e. The molecule has 1 aromatic rings. The zero-order valence-corrected chi connectivity index (χ0v) is 14.7. The maximum absolute atomic E-state index is 11.4. The van der Waals surface area contributed by atoms with E-state index in [0.29, 0.717) is 12.4 Å². The number of hydrogen-bond donors (Lipinski definition) is 1. The molecule has 0 aromatic carbocycles. The van der Waals surface area contributed by atoms with Crippen LogP contribution in [-0.4, -0.2) is 37.5 Å². The Labute approximate surface area is 127 Å². The van der Waals surface area contributed by atoms with Crippen molar-refractivity contribution in [3.63, 3.8) is 0 Å². The Morgan fingerprint density at radius 2 is 2.14 bits per heavy atom. The fourth-order valence-electron chi connectivity index (χ4n) is 1.74. The Balaban J connectivity index is 2.51. The van der Waals surface area contributed by atoms with Crippen molar-refractivity contribution in [3.8, 4) is 0 Å². The SMILES string of the molecule is COC(=O)C[C@](C)(N)c1ccn(COCC[Si](C)(C)C)n1. The molecule has 0 radical (unpaired) electrons. The van der Waals surface area contributed by atoms with Gasteiger partial charge < -0.3 is 15.2 Å². The highest BCUT2D eigenvalue weighted by Gasteiger charge is 2.28. The first kappa shape index (κ1) is 17.9. The summed E-state index contributed by atoms with van der Waals surface area (Å²) in [4.78, 5) is 11.4. The third kappa shape index (κ3) is 6.41. The Hall–Kier alpha value is -1.18. The van der Waals surface area contributed by atoms with Gasteiger partial charge in [-0.3, -0.25) is 4.79 Å². The van der Waals surface area contributed by atoms with Crippen molar-refractivity contribution >= 4 is 14.0 Å². The summed E-state index contributed by atoms with van der Waals surface area (Å²) in [7, 11) is 0.282. The molecule has 0 aliphatic heterocycles. The molecule has 1 heterocycles. The van der Waals surface area contributed by atoms with Crippen molar-refractivity contribution in [3.05, 3.63) is 18.0 Å². The molecule has 0 spiro atoms. The van der Waals surface area contributed by atoms with Gasteiger partial charge in [0.05, 0.1) is 24.8 Å². The van der Waals surface area contributed by atoms with Crippen LogP contribution >= 0.6 is 0 Å². The molecule has 0 aliphatic rings. The van der Waals surface area contributed by atoms with Crippen molar-refractivity contribution < 1.29 is 14.3 Å². The van der Waals surface area contributed by atoms with E-state index in [2.05, 4.69) is 29.5 Å². The van der Waals surface area contributed by atoms with Crippen LogP contribution < -0.4 is 5.73 Å². The number of ether oxygens (including phenoxy) is 2. The number of nitrogens with two attached hydrogens (primary N) is 1. The van der Waals surface area contributed by atoms with Gasteiger partial charge in [0.15, 0.2) is 0 Å². The highest BCUT2D eigenvalue weighted by atomic mass is 28.3. The molecule has 0 fully saturated rings. The molecule has 6 nitrogen and oxygen atoms in total. The predicted molar refractivity (Wildman–Crippen MR) is 84.5 cm³/mol. The van der Waals surface area contributed by atoms with Crippen LogP contribution in [0.5, 0.6) is 0 Å². The van der Waals surface area contributed by atoms with Gasteiger partial charge in [-0.25, -0.2) is 4.68 Å². The zero-order valence-electron chi connectivity index (χ0n) is 13.7. The number of esters is 1. The number of carbonyl (C=O) groups is 1. The van der Waals surface area contributed by atoms with Gasteiger partial charge in [0, 0.05) is 20.9 Å². The van der Waals surface area contributed by atoms with Crippen molar-refractivity contribution in [2.75, 3.05) is 13.7 Å². The first-order chi connectivity index (χ1) is 9.64. The predicted octanol–water partition coefficient (Wildman–Crippen LogP) is 1.93. The van der Waals surface area contributed by atoms with E-state index in [1.165, 1.54) is 7.11 Å². The molecule has 2 N–H and O–H groups in total. The number of nitrogens with zero attached hydrogens (tertiary/aromatic N) is 2.